The molecule has 0 aromatic rings. The van der Waals surface area contributed by atoms with Gasteiger partial charge in [-0.3, -0.25) is 0 Å². The molecule has 0 saturated heterocycles. The van der Waals surface area contributed by atoms with Gasteiger partial charge in [0.1, 0.15) is 0 Å². The molecular weight excluding hydrogens is 599 g/mol. The van der Waals surface area contributed by atoms with Gasteiger partial charge >= 0.3 is 227 Å². The third kappa shape index (κ3) is 17.5. The SMILES string of the molecule is C=CC(C)OOC(C)[O][Sn]([O]C(C)OOC(C)C=C)([O]C(C)OOC(C)C=C)[O]C(C)OOC(C)C=C. The van der Waals surface area contributed by atoms with Crippen LogP contribution in [0.5, 0.6) is 0 Å². The summed E-state index contributed by atoms with van der Waals surface area (Å²) in [5.41, 5.74) is 0. The summed E-state index contributed by atoms with van der Waals surface area (Å²) in [4.78, 5) is 42.1. The van der Waals surface area contributed by atoms with Gasteiger partial charge in [0.05, 0.1) is 0 Å². The molecule has 0 amide bonds. The fraction of sp³-hybridized carbons (Fsp3) is 0.667. The van der Waals surface area contributed by atoms with Crippen molar-refractivity contribution in [1.29, 1.82) is 0 Å². The van der Waals surface area contributed by atoms with Gasteiger partial charge in [0.2, 0.25) is 0 Å². The second-order valence-electron chi connectivity index (χ2n) is 7.78. The molecule has 0 N–H and O–H groups in total. The minimum atomic E-state index is -5.28. The second-order valence-corrected chi connectivity index (χ2v) is 13.3. The molecule has 0 aliphatic heterocycles. The predicted octanol–water partition coefficient (Wildman–Crippen LogP) is 4.96. The summed E-state index contributed by atoms with van der Waals surface area (Å²) in [5.74, 6) is 0. The van der Waals surface area contributed by atoms with Crippen molar-refractivity contribution in [2.45, 2.75) is 105 Å². The first kappa shape index (κ1) is 36.3. The average Bonchev–Trinajstić information content (AvgIpc) is 2.86. The summed E-state index contributed by atoms with van der Waals surface area (Å²) in [6.45, 7) is 27.7. The van der Waals surface area contributed by atoms with Crippen LogP contribution in [0, 0.1) is 0 Å². The van der Waals surface area contributed by atoms with Crippen molar-refractivity contribution in [3.8, 4) is 0 Å². The first-order valence-corrected chi connectivity index (χ1v) is 16.6. The van der Waals surface area contributed by atoms with Crippen LogP contribution in [0.25, 0.3) is 0 Å². The Morgan fingerprint density at radius 3 is 0.730 bits per heavy atom. The van der Waals surface area contributed by atoms with Crippen molar-refractivity contribution < 1.29 is 51.4 Å². The summed E-state index contributed by atoms with van der Waals surface area (Å²) in [5, 5.41) is 0. The first-order chi connectivity index (χ1) is 17.4. The molecule has 13 heteroatoms. The van der Waals surface area contributed by atoms with Crippen molar-refractivity contribution in [3.05, 3.63) is 50.6 Å². The number of hydrogen-bond donors (Lipinski definition) is 0. The Morgan fingerprint density at radius 1 is 0.378 bits per heavy atom. The van der Waals surface area contributed by atoms with Gasteiger partial charge in [-0.15, -0.1) is 0 Å². The zero-order valence-corrected chi connectivity index (χ0v) is 26.0. The second kappa shape index (κ2) is 20.2. The fourth-order valence-corrected chi connectivity index (χ4v) is 7.92. The van der Waals surface area contributed by atoms with Crippen molar-refractivity contribution in [2.75, 3.05) is 0 Å². The van der Waals surface area contributed by atoms with Gasteiger partial charge in [0.15, 0.2) is 0 Å². The monoisotopic (exact) mass is 644 g/mol. The Hall–Kier alpha value is -0.721. The van der Waals surface area contributed by atoms with Crippen LogP contribution in [0.3, 0.4) is 0 Å². The summed E-state index contributed by atoms with van der Waals surface area (Å²) in [6.07, 6.45) is 0.402. The average molecular weight is 643 g/mol. The zero-order valence-electron chi connectivity index (χ0n) is 23.2. The molecule has 8 unspecified atom stereocenters. The van der Waals surface area contributed by atoms with Crippen molar-refractivity contribution in [2.24, 2.45) is 0 Å². The summed E-state index contributed by atoms with van der Waals surface area (Å²) >= 11 is -5.28. The van der Waals surface area contributed by atoms with Gasteiger partial charge in [-0.1, -0.05) is 0 Å². The van der Waals surface area contributed by atoms with Gasteiger partial charge < -0.3 is 0 Å². The van der Waals surface area contributed by atoms with Gasteiger partial charge in [0, 0.05) is 0 Å². The van der Waals surface area contributed by atoms with E-state index in [1.54, 1.807) is 79.7 Å². The van der Waals surface area contributed by atoms with Gasteiger partial charge in [-0.2, -0.15) is 0 Å². The molecule has 0 aliphatic carbocycles. The molecule has 0 spiro atoms. The van der Waals surface area contributed by atoms with Crippen LogP contribution >= 0.6 is 0 Å². The van der Waals surface area contributed by atoms with Crippen LogP contribution < -0.4 is 0 Å². The van der Waals surface area contributed by atoms with E-state index in [1.165, 1.54) is 0 Å². The normalized spacial score (nSPS) is 19.9. The van der Waals surface area contributed by atoms with Crippen LogP contribution in [0.4, 0.5) is 0 Å². The van der Waals surface area contributed by atoms with E-state index < -0.39 is 69.6 Å². The molecule has 0 aromatic heterocycles. The molecule has 0 bridgehead atoms. The van der Waals surface area contributed by atoms with Crippen LogP contribution in [0.15, 0.2) is 50.6 Å². The Kier molecular flexibility index (Phi) is 19.8. The zero-order chi connectivity index (χ0) is 28.4. The third-order valence-electron chi connectivity index (χ3n) is 3.94. The molecule has 0 aromatic carbocycles. The topological polar surface area (TPSA) is 111 Å². The summed E-state index contributed by atoms with van der Waals surface area (Å²) in [7, 11) is 0. The van der Waals surface area contributed by atoms with Crippen molar-refractivity contribution in [3.63, 3.8) is 0 Å². The molecule has 0 radical (unpaired) electrons. The maximum absolute atomic E-state index is 6.04. The van der Waals surface area contributed by atoms with E-state index in [4.69, 9.17) is 51.4 Å². The summed E-state index contributed by atoms with van der Waals surface area (Å²) in [6, 6.07) is 0. The van der Waals surface area contributed by atoms with Gasteiger partial charge in [0.25, 0.3) is 0 Å². The van der Waals surface area contributed by atoms with E-state index in [0.29, 0.717) is 0 Å². The predicted molar refractivity (Wildman–Crippen MR) is 135 cm³/mol. The molecule has 216 valence electrons. The molecule has 0 fully saturated rings. The molecule has 0 rings (SSSR count). The molecule has 0 aliphatic rings. The number of rotatable bonds is 24. The van der Waals surface area contributed by atoms with Gasteiger partial charge in [-0.25, -0.2) is 0 Å². The van der Waals surface area contributed by atoms with E-state index in [-0.39, 0.29) is 0 Å². The molecule has 12 nitrogen and oxygen atoms in total. The van der Waals surface area contributed by atoms with E-state index in [1.807, 2.05) is 0 Å². The molecular formula is C24H44O12Sn. The Labute approximate surface area is 226 Å². The summed E-state index contributed by atoms with van der Waals surface area (Å²) < 4.78 is 24.2. The first-order valence-electron chi connectivity index (χ1n) is 11.9. The fourth-order valence-electron chi connectivity index (χ4n) is 1.88. The Morgan fingerprint density at radius 2 is 0.568 bits per heavy atom. The van der Waals surface area contributed by atoms with E-state index in [2.05, 4.69) is 26.3 Å². The van der Waals surface area contributed by atoms with Crippen molar-refractivity contribution >= 4 is 20.0 Å². The van der Waals surface area contributed by atoms with Gasteiger partial charge in [-0.05, 0) is 0 Å². The number of hydrogen-bond acceptors (Lipinski definition) is 12. The maximum atomic E-state index is 6.04. The van der Waals surface area contributed by atoms with E-state index >= 15 is 0 Å². The van der Waals surface area contributed by atoms with Crippen LogP contribution in [-0.4, -0.2) is 69.6 Å². The quantitative estimate of drug-likeness (QED) is 0.0466. The van der Waals surface area contributed by atoms with E-state index in [0.717, 1.165) is 0 Å². The minimum absolute atomic E-state index is 0.415. The van der Waals surface area contributed by atoms with Crippen LogP contribution in [0.1, 0.15) is 55.4 Å². The Balaban J connectivity index is 5.88. The van der Waals surface area contributed by atoms with E-state index in [9.17, 15) is 0 Å². The van der Waals surface area contributed by atoms with Crippen LogP contribution in [0.2, 0.25) is 0 Å². The third-order valence-corrected chi connectivity index (χ3v) is 11.0. The molecule has 37 heavy (non-hydrogen) atoms. The molecule has 8 atom stereocenters. The van der Waals surface area contributed by atoms with Crippen molar-refractivity contribution in [1.82, 2.24) is 0 Å². The van der Waals surface area contributed by atoms with Crippen LogP contribution in [-0.2, 0) is 51.4 Å². The Bertz CT molecular complexity index is 542. The molecule has 0 heterocycles. The molecule has 0 saturated carbocycles. The standard InChI is InChI=1S/4C6H11O3.Sn/c4*1-4-5(2)8-9-6(3)7;/h4*4-6H,1H2,2-3H3;/q4*-1;+4.